The lowest BCUT2D eigenvalue weighted by Crippen LogP contribution is -3.27. The van der Waals surface area contributed by atoms with Crippen LogP contribution in [0.4, 0.5) is 0 Å². The number of piperazine rings is 1. The molecule has 0 radical (unpaired) electrons. The maximum atomic E-state index is 5.69. The summed E-state index contributed by atoms with van der Waals surface area (Å²) in [5.74, 6) is 0.600. The Morgan fingerprint density at radius 2 is 1.50 bits per heavy atom. The fourth-order valence-electron chi connectivity index (χ4n) is 3.49. The molecule has 0 amide bonds. The first kappa shape index (κ1) is 17.1. The maximum Gasteiger partial charge on any atom is 0.292 e. The van der Waals surface area contributed by atoms with Gasteiger partial charge in [-0.25, -0.2) is 0 Å². The van der Waals surface area contributed by atoms with Crippen LogP contribution in [0.5, 0.6) is 0 Å². The molecule has 1 aliphatic rings. The van der Waals surface area contributed by atoms with Crippen LogP contribution in [-0.4, -0.2) is 36.0 Å². The van der Waals surface area contributed by atoms with E-state index in [2.05, 4.69) is 35.4 Å². The Balaban J connectivity index is 1.35. The number of hydrogen-bond acceptors (Lipinski definition) is 3. The second-order valence-electron chi connectivity index (χ2n) is 6.86. The van der Waals surface area contributed by atoms with E-state index in [9.17, 15) is 0 Å². The smallest absolute Gasteiger partial charge is 0.292 e. The summed E-state index contributed by atoms with van der Waals surface area (Å²) in [4.78, 5) is 3.61. The minimum absolute atomic E-state index is 0.454. The molecular weight excluding hydrogens is 344 g/mol. The van der Waals surface area contributed by atoms with E-state index in [1.54, 1.807) is 4.90 Å². The van der Waals surface area contributed by atoms with Crippen LogP contribution in [0.3, 0.4) is 0 Å². The normalized spacial score (nSPS) is 20.2. The van der Waals surface area contributed by atoms with Crippen molar-refractivity contribution in [1.29, 1.82) is 0 Å². The van der Waals surface area contributed by atoms with E-state index >= 15 is 0 Å². The van der Waals surface area contributed by atoms with E-state index in [0.717, 1.165) is 31.9 Å². The van der Waals surface area contributed by atoms with E-state index < -0.39 is 0 Å². The van der Waals surface area contributed by atoms with Gasteiger partial charge in [0.15, 0.2) is 6.67 Å². The first-order valence-electron chi connectivity index (χ1n) is 9.12. The van der Waals surface area contributed by atoms with Gasteiger partial charge in [-0.15, -0.1) is 5.10 Å². The van der Waals surface area contributed by atoms with Crippen molar-refractivity contribution in [3.8, 4) is 11.5 Å². The van der Waals surface area contributed by atoms with E-state index in [0.29, 0.717) is 10.7 Å². The molecular formula is C20H24N4OS+2. The van der Waals surface area contributed by atoms with Gasteiger partial charge in [0.05, 0.1) is 0 Å². The Kier molecular flexibility index (Phi) is 5.24. The molecule has 0 atom stereocenters. The van der Waals surface area contributed by atoms with Gasteiger partial charge in [-0.1, -0.05) is 48.5 Å². The number of quaternary nitrogens is 2. The third-order valence-electron chi connectivity index (χ3n) is 4.96. The minimum atomic E-state index is 0.454. The molecule has 2 heterocycles. The highest BCUT2D eigenvalue weighted by molar-refractivity contribution is 7.71. The molecule has 1 fully saturated rings. The fraction of sp³-hybridized carbons (Fsp3) is 0.300. The molecule has 3 aromatic rings. The number of nitrogens with zero attached hydrogens (tertiary/aromatic N) is 2. The molecule has 26 heavy (non-hydrogen) atoms. The SMILES string of the molecule is S=c1oc(-c2ccccc2)nn1C[NH+]1CC[NH+](Cc2ccccc2)CC1. The Bertz CT molecular complexity index is 883. The highest BCUT2D eigenvalue weighted by atomic mass is 32.1. The van der Waals surface area contributed by atoms with Gasteiger partial charge in [-0.2, -0.15) is 4.68 Å². The topological polar surface area (TPSA) is 39.8 Å². The van der Waals surface area contributed by atoms with Crippen LogP contribution in [0.15, 0.2) is 65.1 Å². The number of rotatable bonds is 5. The van der Waals surface area contributed by atoms with Gasteiger partial charge in [0.2, 0.25) is 5.89 Å². The van der Waals surface area contributed by atoms with Crippen molar-refractivity contribution in [2.75, 3.05) is 26.2 Å². The van der Waals surface area contributed by atoms with Gasteiger partial charge < -0.3 is 14.2 Å². The molecule has 134 valence electrons. The number of hydrogen-bond donors (Lipinski definition) is 2. The third-order valence-corrected chi connectivity index (χ3v) is 5.26. The maximum absolute atomic E-state index is 5.69. The first-order valence-corrected chi connectivity index (χ1v) is 9.53. The van der Waals surface area contributed by atoms with Gasteiger partial charge in [-0.05, 0) is 24.4 Å². The van der Waals surface area contributed by atoms with Crippen LogP contribution in [0.2, 0.25) is 0 Å². The van der Waals surface area contributed by atoms with Gasteiger partial charge in [0.25, 0.3) is 4.84 Å². The molecule has 0 bridgehead atoms. The van der Waals surface area contributed by atoms with E-state index in [1.165, 1.54) is 23.6 Å². The van der Waals surface area contributed by atoms with Gasteiger partial charge in [0, 0.05) is 11.1 Å². The van der Waals surface area contributed by atoms with Crippen molar-refractivity contribution in [3.63, 3.8) is 0 Å². The summed E-state index contributed by atoms with van der Waals surface area (Å²) in [5, 5.41) is 4.58. The number of benzene rings is 2. The highest BCUT2D eigenvalue weighted by Gasteiger charge is 2.24. The molecule has 1 saturated heterocycles. The largest absolute Gasteiger partial charge is 0.409 e. The molecule has 0 saturated carbocycles. The average molecular weight is 369 g/mol. The zero-order valence-electron chi connectivity index (χ0n) is 14.7. The predicted octanol–water partition coefficient (Wildman–Crippen LogP) is 0.814. The second-order valence-corrected chi connectivity index (χ2v) is 7.21. The van der Waals surface area contributed by atoms with Crippen molar-refractivity contribution in [2.45, 2.75) is 13.2 Å². The molecule has 4 rings (SSSR count). The van der Waals surface area contributed by atoms with Crippen LogP contribution in [0, 0.1) is 4.84 Å². The van der Waals surface area contributed by atoms with Crippen LogP contribution in [0.25, 0.3) is 11.5 Å². The molecule has 0 spiro atoms. The zero-order chi connectivity index (χ0) is 17.8. The molecule has 5 nitrogen and oxygen atoms in total. The molecule has 1 aliphatic heterocycles. The Morgan fingerprint density at radius 3 is 2.19 bits per heavy atom. The van der Waals surface area contributed by atoms with Gasteiger partial charge in [-0.3, -0.25) is 0 Å². The number of nitrogens with one attached hydrogen (secondary N) is 2. The molecule has 2 aromatic carbocycles. The van der Waals surface area contributed by atoms with Crippen molar-refractivity contribution in [3.05, 3.63) is 71.1 Å². The molecule has 1 aromatic heterocycles. The predicted molar refractivity (Wildman–Crippen MR) is 102 cm³/mol. The van der Waals surface area contributed by atoms with Crippen LogP contribution >= 0.6 is 12.2 Å². The van der Waals surface area contributed by atoms with E-state index in [-0.39, 0.29) is 0 Å². The minimum Gasteiger partial charge on any atom is -0.409 e. The Hall–Kier alpha value is -2.28. The summed E-state index contributed by atoms with van der Waals surface area (Å²) in [6.07, 6.45) is 0. The Morgan fingerprint density at radius 1 is 0.885 bits per heavy atom. The average Bonchev–Trinajstić information content (AvgIpc) is 3.05. The first-order chi connectivity index (χ1) is 12.8. The molecule has 0 aliphatic carbocycles. The lowest BCUT2D eigenvalue weighted by molar-refractivity contribution is -1.03. The lowest BCUT2D eigenvalue weighted by Gasteiger charge is -2.29. The van der Waals surface area contributed by atoms with Crippen molar-refractivity contribution >= 4 is 12.2 Å². The number of aromatic nitrogens is 2. The van der Waals surface area contributed by atoms with Crippen LogP contribution in [0.1, 0.15) is 5.56 Å². The monoisotopic (exact) mass is 368 g/mol. The van der Waals surface area contributed by atoms with Crippen molar-refractivity contribution < 1.29 is 14.2 Å². The summed E-state index contributed by atoms with van der Waals surface area (Å²) in [6.45, 7) is 6.46. The Labute approximate surface area is 158 Å². The zero-order valence-corrected chi connectivity index (χ0v) is 15.5. The third kappa shape index (κ3) is 4.09. The molecule has 2 N–H and O–H groups in total. The summed E-state index contributed by atoms with van der Waals surface area (Å²) < 4.78 is 7.52. The summed E-state index contributed by atoms with van der Waals surface area (Å²) in [7, 11) is 0. The summed E-state index contributed by atoms with van der Waals surface area (Å²) in [6, 6.07) is 20.7. The lowest BCUT2D eigenvalue weighted by atomic mass is 10.2. The van der Waals surface area contributed by atoms with Gasteiger partial charge >= 0.3 is 0 Å². The summed E-state index contributed by atoms with van der Waals surface area (Å²) in [5.41, 5.74) is 2.38. The molecule has 6 heteroatoms. The van der Waals surface area contributed by atoms with Crippen LogP contribution < -0.4 is 9.80 Å². The molecule has 0 unspecified atom stereocenters. The van der Waals surface area contributed by atoms with E-state index in [1.807, 2.05) is 35.0 Å². The van der Waals surface area contributed by atoms with Gasteiger partial charge in [0.1, 0.15) is 32.7 Å². The quantitative estimate of drug-likeness (QED) is 0.655. The van der Waals surface area contributed by atoms with Crippen molar-refractivity contribution in [1.82, 2.24) is 9.78 Å². The summed E-state index contributed by atoms with van der Waals surface area (Å²) >= 11 is 5.37. The van der Waals surface area contributed by atoms with Crippen LogP contribution in [-0.2, 0) is 13.2 Å². The van der Waals surface area contributed by atoms with E-state index in [4.69, 9.17) is 16.6 Å². The highest BCUT2D eigenvalue weighted by Crippen LogP contribution is 2.16. The fourth-order valence-corrected chi connectivity index (χ4v) is 3.68. The second kappa shape index (κ2) is 7.95. The standard InChI is InChI=1S/C20H22N4OS/c26-20-24(21-19(25-20)18-9-5-2-6-10-18)16-23-13-11-22(12-14-23)15-17-7-3-1-4-8-17/h1-10H,11-16H2/p+2. The van der Waals surface area contributed by atoms with Crippen molar-refractivity contribution in [2.24, 2.45) is 0 Å².